The second-order valence-electron chi connectivity index (χ2n) is 6.53. The van der Waals surface area contributed by atoms with Crippen molar-refractivity contribution in [2.24, 2.45) is 5.92 Å². The number of rotatable bonds is 4. The molecular formula is C18H23FN4O2. The number of amides is 2. The highest BCUT2D eigenvalue weighted by atomic mass is 19.1. The van der Waals surface area contributed by atoms with Crippen LogP contribution in [-0.2, 0) is 6.54 Å². The average Bonchev–Trinajstić information content (AvgIpc) is 2.95. The number of aliphatic hydroxyl groups excluding tert-OH is 1. The largest absolute Gasteiger partial charge is 0.396 e. The normalized spacial score (nSPS) is 17.6. The fourth-order valence-electron chi connectivity index (χ4n) is 3.15. The van der Waals surface area contributed by atoms with Gasteiger partial charge in [-0.15, -0.1) is 0 Å². The first-order chi connectivity index (χ1) is 12.1. The molecule has 2 N–H and O–H groups in total. The Kier molecular flexibility index (Phi) is 5.33. The molecule has 0 saturated carbocycles. The number of aryl methyl sites for hydroxylation is 1. The lowest BCUT2D eigenvalue weighted by Crippen LogP contribution is -2.43. The number of anilines is 1. The number of hydrogen-bond acceptors (Lipinski definition) is 3. The maximum atomic E-state index is 13.4. The smallest absolute Gasteiger partial charge is 0.323 e. The van der Waals surface area contributed by atoms with Crippen LogP contribution < -0.4 is 5.32 Å². The van der Waals surface area contributed by atoms with E-state index in [1.54, 1.807) is 21.8 Å². The number of urea groups is 1. The average molecular weight is 346 g/mol. The standard InChI is InChI=1S/C18H23FN4O2/c1-13-9-20-23(11-14-4-2-6-16(19)8-14)17(13)21-18(25)22-7-3-5-15(10-22)12-24/h2,4,6,8-9,15,24H,3,5,7,10-12H2,1H3,(H,21,25)/t15-/m1/s1. The van der Waals surface area contributed by atoms with Gasteiger partial charge >= 0.3 is 6.03 Å². The highest BCUT2D eigenvalue weighted by molar-refractivity contribution is 5.89. The number of likely N-dealkylation sites (tertiary alicyclic amines) is 1. The van der Waals surface area contributed by atoms with Gasteiger partial charge in [0.05, 0.1) is 12.7 Å². The Balaban J connectivity index is 1.72. The van der Waals surface area contributed by atoms with Gasteiger partial charge in [-0.2, -0.15) is 5.10 Å². The molecule has 2 heterocycles. The Hall–Kier alpha value is -2.41. The number of piperidine rings is 1. The second kappa shape index (κ2) is 7.65. The summed E-state index contributed by atoms with van der Waals surface area (Å²) in [5, 5.41) is 16.5. The monoisotopic (exact) mass is 346 g/mol. The predicted octanol–water partition coefficient (Wildman–Crippen LogP) is 2.62. The number of nitrogens with zero attached hydrogens (tertiary/aromatic N) is 3. The summed E-state index contributed by atoms with van der Waals surface area (Å²) in [4.78, 5) is 14.3. The molecule has 0 spiro atoms. The van der Waals surface area contributed by atoms with E-state index in [4.69, 9.17) is 0 Å². The molecule has 1 aromatic carbocycles. The summed E-state index contributed by atoms with van der Waals surface area (Å²) < 4.78 is 15.0. The van der Waals surface area contributed by atoms with E-state index >= 15 is 0 Å². The molecule has 1 aromatic heterocycles. The van der Waals surface area contributed by atoms with Gasteiger partial charge in [-0.3, -0.25) is 5.32 Å². The van der Waals surface area contributed by atoms with Crippen molar-refractivity contribution in [3.63, 3.8) is 0 Å². The molecule has 0 bridgehead atoms. The van der Waals surface area contributed by atoms with Gasteiger partial charge in [-0.05, 0) is 43.4 Å². The number of hydrogen-bond donors (Lipinski definition) is 2. The van der Waals surface area contributed by atoms with Crippen LogP contribution in [0.15, 0.2) is 30.5 Å². The fourth-order valence-corrected chi connectivity index (χ4v) is 3.15. The van der Waals surface area contributed by atoms with Gasteiger partial charge in [0.2, 0.25) is 0 Å². The number of carbonyl (C=O) groups is 1. The predicted molar refractivity (Wildman–Crippen MR) is 92.9 cm³/mol. The highest BCUT2D eigenvalue weighted by Crippen LogP contribution is 2.20. The number of nitrogens with one attached hydrogen (secondary N) is 1. The van der Waals surface area contributed by atoms with Crippen LogP contribution in [0.25, 0.3) is 0 Å². The van der Waals surface area contributed by atoms with E-state index in [0.29, 0.717) is 25.5 Å². The minimum absolute atomic E-state index is 0.0975. The number of halogens is 1. The van der Waals surface area contributed by atoms with E-state index in [1.165, 1.54) is 12.1 Å². The summed E-state index contributed by atoms with van der Waals surface area (Å²) in [6.45, 7) is 3.58. The maximum absolute atomic E-state index is 13.4. The third kappa shape index (κ3) is 4.17. The van der Waals surface area contributed by atoms with Crippen LogP contribution in [0.3, 0.4) is 0 Å². The minimum atomic E-state index is -0.296. The third-order valence-corrected chi connectivity index (χ3v) is 4.53. The molecule has 0 aliphatic carbocycles. The molecular weight excluding hydrogens is 323 g/mol. The van der Waals surface area contributed by atoms with Crippen LogP contribution in [-0.4, -0.2) is 45.5 Å². The molecule has 25 heavy (non-hydrogen) atoms. The van der Waals surface area contributed by atoms with Crippen molar-refractivity contribution in [1.29, 1.82) is 0 Å². The zero-order valence-corrected chi connectivity index (χ0v) is 14.3. The van der Waals surface area contributed by atoms with Crippen LogP contribution in [0.5, 0.6) is 0 Å². The number of aromatic nitrogens is 2. The Bertz CT molecular complexity index is 746. The van der Waals surface area contributed by atoms with Crippen molar-refractivity contribution in [1.82, 2.24) is 14.7 Å². The summed E-state index contributed by atoms with van der Waals surface area (Å²) in [6.07, 6.45) is 3.51. The lowest BCUT2D eigenvalue weighted by atomic mass is 9.99. The highest BCUT2D eigenvalue weighted by Gasteiger charge is 2.24. The SMILES string of the molecule is Cc1cnn(Cc2cccc(F)c2)c1NC(=O)N1CCC[C@@H](CO)C1. The molecule has 0 unspecified atom stereocenters. The summed E-state index contributed by atoms with van der Waals surface area (Å²) >= 11 is 0. The number of aliphatic hydroxyl groups is 1. The van der Waals surface area contributed by atoms with E-state index in [0.717, 1.165) is 24.0 Å². The zero-order chi connectivity index (χ0) is 17.8. The molecule has 1 atom stereocenters. The third-order valence-electron chi connectivity index (χ3n) is 4.53. The Morgan fingerprint density at radius 1 is 1.48 bits per heavy atom. The van der Waals surface area contributed by atoms with Gasteiger partial charge in [0.1, 0.15) is 11.6 Å². The second-order valence-corrected chi connectivity index (χ2v) is 6.53. The molecule has 0 radical (unpaired) electrons. The molecule has 2 amide bonds. The van der Waals surface area contributed by atoms with Crippen LogP contribution >= 0.6 is 0 Å². The first-order valence-corrected chi connectivity index (χ1v) is 8.50. The first kappa shape index (κ1) is 17.4. The van der Waals surface area contributed by atoms with Crippen molar-refractivity contribution in [3.05, 3.63) is 47.4 Å². The summed E-state index contributed by atoms with van der Waals surface area (Å²) in [6, 6.07) is 6.14. The van der Waals surface area contributed by atoms with Crippen LogP contribution in [0.2, 0.25) is 0 Å². The number of carbonyl (C=O) groups excluding carboxylic acids is 1. The van der Waals surface area contributed by atoms with Gasteiger partial charge in [0, 0.05) is 25.3 Å². The molecule has 1 aliphatic heterocycles. The van der Waals surface area contributed by atoms with Crippen LogP contribution in [0.4, 0.5) is 15.0 Å². The molecule has 1 saturated heterocycles. The molecule has 1 fully saturated rings. The number of benzene rings is 1. The quantitative estimate of drug-likeness (QED) is 0.894. The van der Waals surface area contributed by atoms with Gasteiger partial charge < -0.3 is 10.0 Å². The molecule has 6 nitrogen and oxygen atoms in total. The maximum Gasteiger partial charge on any atom is 0.323 e. The van der Waals surface area contributed by atoms with Crippen molar-refractivity contribution >= 4 is 11.8 Å². The van der Waals surface area contributed by atoms with Crippen molar-refractivity contribution in [2.45, 2.75) is 26.3 Å². The van der Waals surface area contributed by atoms with E-state index < -0.39 is 0 Å². The van der Waals surface area contributed by atoms with E-state index in [2.05, 4.69) is 10.4 Å². The Morgan fingerprint density at radius 2 is 2.32 bits per heavy atom. The lowest BCUT2D eigenvalue weighted by Gasteiger charge is -2.31. The molecule has 134 valence electrons. The molecule has 3 rings (SSSR count). The van der Waals surface area contributed by atoms with E-state index in [-0.39, 0.29) is 24.4 Å². The molecule has 7 heteroatoms. The van der Waals surface area contributed by atoms with Gasteiger partial charge in [0.15, 0.2) is 0 Å². The van der Waals surface area contributed by atoms with E-state index in [9.17, 15) is 14.3 Å². The minimum Gasteiger partial charge on any atom is -0.396 e. The topological polar surface area (TPSA) is 70.4 Å². The summed E-state index contributed by atoms with van der Waals surface area (Å²) in [7, 11) is 0. The van der Waals surface area contributed by atoms with Gasteiger partial charge in [-0.25, -0.2) is 13.9 Å². The zero-order valence-electron chi connectivity index (χ0n) is 14.3. The summed E-state index contributed by atoms with van der Waals surface area (Å²) in [5.74, 6) is 0.452. The van der Waals surface area contributed by atoms with Crippen molar-refractivity contribution in [3.8, 4) is 0 Å². The Labute approximate surface area is 146 Å². The molecule has 1 aliphatic rings. The van der Waals surface area contributed by atoms with Crippen molar-refractivity contribution in [2.75, 3.05) is 25.0 Å². The summed E-state index contributed by atoms with van der Waals surface area (Å²) in [5.41, 5.74) is 1.62. The van der Waals surface area contributed by atoms with Crippen LogP contribution in [0, 0.1) is 18.7 Å². The Morgan fingerprint density at radius 3 is 3.08 bits per heavy atom. The first-order valence-electron chi connectivity index (χ1n) is 8.50. The van der Waals surface area contributed by atoms with Crippen molar-refractivity contribution < 1.29 is 14.3 Å². The molecule has 2 aromatic rings. The fraction of sp³-hybridized carbons (Fsp3) is 0.444. The lowest BCUT2D eigenvalue weighted by molar-refractivity contribution is 0.136. The van der Waals surface area contributed by atoms with E-state index in [1.807, 2.05) is 13.0 Å². The van der Waals surface area contributed by atoms with Gasteiger partial charge in [0.25, 0.3) is 0 Å². The van der Waals surface area contributed by atoms with Crippen LogP contribution in [0.1, 0.15) is 24.0 Å². The van der Waals surface area contributed by atoms with Gasteiger partial charge in [-0.1, -0.05) is 12.1 Å².